The SMILES string of the molecule is O=C(CCCCl)N1CCN(c2ccccc2)CC1. The average molecular weight is 267 g/mol. The van der Waals surface area contributed by atoms with Crippen molar-refractivity contribution >= 4 is 23.2 Å². The Balaban J connectivity index is 1.83. The summed E-state index contributed by atoms with van der Waals surface area (Å²) in [6.07, 6.45) is 1.36. The minimum absolute atomic E-state index is 0.239. The molecule has 18 heavy (non-hydrogen) atoms. The Morgan fingerprint density at radius 1 is 1.11 bits per heavy atom. The van der Waals surface area contributed by atoms with Crippen molar-refractivity contribution in [1.29, 1.82) is 0 Å². The number of anilines is 1. The Kier molecular flexibility index (Phi) is 4.88. The van der Waals surface area contributed by atoms with Gasteiger partial charge in [0.15, 0.2) is 0 Å². The maximum Gasteiger partial charge on any atom is 0.222 e. The van der Waals surface area contributed by atoms with E-state index in [9.17, 15) is 4.79 Å². The predicted octanol–water partition coefficient (Wildman–Crippen LogP) is 2.35. The summed E-state index contributed by atoms with van der Waals surface area (Å²) in [7, 11) is 0. The summed E-state index contributed by atoms with van der Waals surface area (Å²) in [6, 6.07) is 10.4. The fourth-order valence-electron chi connectivity index (χ4n) is 2.23. The highest BCUT2D eigenvalue weighted by Crippen LogP contribution is 2.16. The van der Waals surface area contributed by atoms with Crippen LogP contribution in [0.1, 0.15) is 12.8 Å². The smallest absolute Gasteiger partial charge is 0.222 e. The minimum atomic E-state index is 0.239. The molecule has 1 heterocycles. The number of nitrogens with zero attached hydrogens (tertiary/aromatic N) is 2. The highest BCUT2D eigenvalue weighted by Gasteiger charge is 2.20. The van der Waals surface area contributed by atoms with E-state index in [1.54, 1.807) is 0 Å². The van der Waals surface area contributed by atoms with Crippen molar-refractivity contribution in [3.05, 3.63) is 30.3 Å². The number of hydrogen-bond donors (Lipinski definition) is 0. The lowest BCUT2D eigenvalue weighted by Gasteiger charge is -2.36. The summed E-state index contributed by atoms with van der Waals surface area (Å²) in [5.74, 6) is 0.804. The van der Waals surface area contributed by atoms with Crippen molar-refractivity contribution in [3.8, 4) is 0 Å². The van der Waals surface area contributed by atoms with Crippen LogP contribution < -0.4 is 4.90 Å². The number of halogens is 1. The van der Waals surface area contributed by atoms with Gasteiger partial charge in [-0.25, -0.2) is 0 Å². The summed E-state index contributed by atoms with van der Waals surface area (Å²) in [4.78, 5) is 16.1. The molecule has 4 heteroatoms. The van der Waals surface area contributed by atoms with E-state index in [0.29, 0.717) is 12.3 Å². The third-order valence-electron chi connectivity index (χ3n) is 3.28. The summed E-state index contributed by atoms with van der Waals surface area (Å²) in [5.41, 5.74) is 1.24. The van der Waals surface area contributed by atoms with Crippen molar-refractivity contribution in [2.75, 3.05) is 37.0 Å². The highest BCUT2D eigenvalue weighted by atomic mass is 35.5. The maximum atomic E-state index is 11.8. The van der Waals surface area contributed by atoms with Gasteiger partial charge >= 0.3 is 0 Å². The van der Waals surface area contributed by atoms with E-state index < -0.39 is 0 Å². The number of hydrogen-bond acceptors (Lipinski definition) is 2. The first kappa shape index (κ1) is 13.2. The first-order valence-electron chi connectivity index (χ1n) is 6.45. The molecule has 0 aliphatic carbocycles. The molecule has 1 aromatic carbocycles. The summed E-state index contributed by atoms with van der Waals surface area (Å²) >= 11 is 5.61. The van der Waals surface area contributed by atoms with Gasteiger partial charge in [0.05, 0.1) is 0 Å². The van der Waals surface area contributed by atoms with Gasteiger partial charge < -0.3 is 9.80 Å². The molecular weight excluding hydrogens is 248 g/mol. The van der Waals surface area contributed by atoms with Gasteiger partial charge in [0.25, 0.3) is 0 Å². The van der Waals surface area contributed by atoms with Crippen molar-refractivity contribution in [3.63, 3.8) is 0 Å². The van der Waals surface area contributed by atoms with Crippen LogP contribution in [-0.2, 0) is 4.79 Å². The zero-order chi connectivity index (χ0) is 12.8. The van der Waals surface area contributed by atoms with E-state index in [2.05, 4.69) is 17.0 Å². The van der Waals surface area contributed by atoms with Gasteiger partial charge in [-0.15, -0.1) is 11.6 Å². The number of carbonyl (C=O) groups excluding carboxylic acids is 1. The molecule has 98 valence electrons. The Hall–Kier alpha value is -1.22. The van der Waals surface area contributed by atoms with Crippen LogP contribution in [0, 0.1) is 0 Å². The van der Waals surface area contributed by atoms with E-state index in [-0.39, 0.29) is 5.91 Å². The minimum Gasteiger partial charge on any atom is -0.368 e. The molecule has 3 nitrogen and oxygen atoms in total. The number of amides is 1. The van der Waals surface area contributed by atoms with Crippen molar-refractivity contribution in [2.45, 2.75) is 12.8 Å². The molecule has 1 saturated heterocycles. The van der Waals surface area contributed by atoms with Gasteiger partial charge in [-0.2, -0.15) is 0 Å². The van der Waals surface area contributed by atoms with Gasteiger partial charge in [0.2, 0.25) is 5.91 Å². The molecule has 1 amide bonds. The molecular formula is C14H19ClN2O. The van der Waals surface area contributed by atoms with E-state index in [4.69, 9.17) is 11.6 Å². The average Bonchev–Trinajstić information content (AvgIpc) is 2.46. The van der Waals surface area contributed by atoms with Crippen LogP contribution in [0.5, 0.6) is 0 Å². The summed E-state index contributed by atoms with van der Waals surface area (Å²) in [6.45, 7) is 3.46. The number of rotatable bonds is 4. The molecule has 0 unspecified atom stereocenters. The van der Waals surface area contributed by atoms with Crippen LogP contribution in [0.2, 0.25) is 0 Å². The molecule has 0 N–H and O–H groups in total. The molecule has 1 aliphatic rings. The molecule has 1 fully saturated rings. The molecule has 0 bridgehead atoms. The van der Waals surface area contributed by atoms with Gasteiger partial charge in [0.1, 0.15) is 0 Å². The van der Waals surface area contributed by atoms with E-state index in [0.717, 1.165) is 32.6 Å². The molecule has 2 rings (SSSR count). The number of piperazine rings is 1. The topological polar surface area (TPSA) is 23.6 Å². The molecule has 1 aromatic rings. The Morgan fingerprint density at radius 2 is 1.78 bits per heavy atom. The lowest BCUT2D eigenvalue weighted by molar-refractivity contribution is -0.131. The number of alkyl halides is 1. The zero-order valence-electron chi connectivity index (χ0n) is 10.5. The van der Waals surface area contributed by atoms with E-state index in [1.807, 2.05) is 23.1 Å². The normalized spacial score (nSPS) is 15.8. The quantitative estimate of drug-likeness (QED) is 0.781. The summed E-state index contributed by atoms with van der Waals surface area (Å²) in [5, 5.41) is 0. The molecule has 0 radical (unpaired) electrons. The van der Waals surface area contributed by atoms with Crippen LogP contribution in [-0.4, -0.2) is 42.9 Å². The second-order valence-corrected chi connectivity index (χ2v) is 4.87. The lowest BCUT2D eigenvalue weighted by atomic mass is 10.2. The van der Waals surface area contributed by atoms with Crippen molar-refractivity contribution in [1.82, 2.24) is 4.90 Å². The first-order valence-corrected chi connectivity index (χ1v) is 6.98. The van der Waals surface area contributed by atoms with Gasteiger partial charge in [-0.05, 0) is 18.6 Å². The summed E-state index contributed by atoms with van der Waals surface area (Å²) < 4.78 is 0. The zero-order valence-corrected chi connectivity index (χ0v) is 11.3. The van der Waals surface area contributed by atoms with Crippen LogP contribution >= 0.6 is 11.6 Å². The standard InChI is InChI=1S/C14H19ClN2O/c15-8-4-7-14(18)17-11-9-16(10-12-17)13-5-2-1-3-6-13/h1-3,5-6H,4,7-12H2. The second kappa shape index (κ2) is 6.64. The van der Waals surface area contributed by atoms with Crippen molar-refractivity contribution < 1.29 is 4.79 Å². The van der Waals surface area contributed by atoms with Gasteiger partial charge in [0, 0.05) is 44.2 Å². The monoisotopic (exact) mass is 266 g/mol. The fourth-order valence-corrected chi connectivity index (χ4v) is 2.36. The number of benzene rings is 1. The first-order chi connectivity index (χ1) is 8.81. The molecule has 1 aliphatic heterocycles. The van der Waals surface area contributed by atoms with E-state index >= 15 is 0 Å². The number of carbonyl (C=O) groups is 1. The predicted molar refractivity (Wildman–Crippen MR) is 75.2 cm³/mol. The highest BCUT2D eigenvalue weighted by molar-refractivity contribution is 6.17. The van der Waals surface area contributed by atoms with Gasteiger partial charge in [-0.3, -0.25) is 4.79 Å². The van der Waals surface area contributed by atoms with Gasteiger partial charge in [-0.1, -0.05) is 18.2 Å². The largest absolute Gasteiger partial charge is 0.368 e. The van der Waals surface area contributed by atoms with E-state index in [1.165, 1.54) is 5.69 Å². The number of para-hydroxylation sites is 1. The molecule has 0 aromatic heterocycles. The Bertz CT molecular complexity index is 375. The Labute approximate surface area is 113 Å². The van der Waals surface area contributed by atoms with Crippen molar-refractivity contribution in [2.24, 2.45) is 0 Å². The second-order valence-electron chi connectivity index (χ2n) is 4.50. The lowest BCUT2D eigenvalue weighted by Crippen LogP contribution is -2.48. The Morgan fingerprint density at radius 3 is 2.39 bits per heavy atom. The molecule has 0 atom stereocenters. The third kappa shape index (κ3) is 3.39. The van der Waals surface area contributed by atoms with Crippen LogP contribution in [0.15, 0.2) is 30.3 Å². The third-order valence-corrected chi connectivity index (χ3v) is 3.55. The van der Waals surface area contributed by atoms with Crippen LogP contribution in [0.4, 0.5) is 5.69 Å². The maximum absolute atomic E-state index is 11.8. The van der Waals surface area contributed by atoms with Crippen LogP contribution in [0.3, 0.4) is 0 Å². The fraction of sp³-hybridized carbons (Fsp3) is 0.500. The van der Waals surface area contributed by atoms with Crippen LogP contribution in [0.25, 0.3) is 0 Å². The molecule has 0 spiro atoms. The molecule has 0 saturated carbocycles.